The van der Waals surface area contributed by atoms with Crippen LogP contribution in [0.25, 0.3) is 0 Å². The summed E-state index contributed by atoms with van der Waals surface area (Å²) in [6.07, 6.45) is 9.93. The predicted molar refractivity (Wildman–Crippen MR) is 137 cm³/mol. The predicted octanol–water partition coefficient (Wildman–Crippen LogP) is 1.23. The number of rotatable bonds is 2. The second-order valence-corrected chi connectivity index (χ2v) is 9.46. The van der Waals surface area contributed by atoms with Crippen molar-refractivity contribution in [3.63, 3.8) is 0 Å². The van der Waals surface area contributed by atoms with Crippen LogP contribution in [0, 0.1) is 20.2 Å². The van der Waals surface area contributed by atoms with Crippen molar-refractivity contribution >= 4 is 11.4 Å². The van der Waals surface area contributed by atoms with E-state index in [0.717, 1.165) is 49.9 Å². The molecule has 4 atom stereocenters. The van der Waals surface area contributed by atoms with Gasteiger partial charge in [0, 0.05) is 24.3 Å². The van der Waals surface area contributed by atoms with E-state index in [-0.39, 0.29) is 87.2 Å². The van der Waals surface area contributed by atoms with Gasteiger partial charge in [0.2, 0.25) is 0 Å². The number of nitro groups is 2. The Morgan fingerprint density at radius 3 is 1.00 bits per heavy atom. The van der Waals surface area contributed by atoms with Gasteiger partial charge >= 0.3 is 51.4 Å². The number of ether oxygens (including phenoxy) is 6. The molecule has 0 unspecified atom stereocenters. The van der Waals surface area contributed by atoms with Gasteiger partial charge in [0.1, 0.15) is 0 Å². The molecular weight excluding hydrogens is 539 g/mol. The number of nitrogens with zero attached hydrogens (tertiary/aromatic N) is 2. The zero-order valence-corrected chi connectivity index (χ0v) is 26.0. The monoisotopic (exact) mass is 579 g/mol. The summed E-state index contributed by atoms with van der Waals surface area (Å²) < 4.78 is 35.5. The van der Waals surface area contributed by atoms with E-state index in [9.17, 15) is 20.2 Å². The van der Waals surface area contributed by atoms with Gasteiger partial charge in [-0.15, -0.1) is 0 Å². The molecule has 4 rings (SSSR count). The van der Waals surface area contributed by atoms with Crippen LogP contribution in [0.4, 0.5) is 11.4 Å². The van der Waals surface area contributed by atoms with E-state index in [0.29, 0.717) is 52.9 Å². The minimum atomic E-state index is -0.607. The number of benzene rings is 1. The summed E-state index contributed by atoms with van der Waals surface area (Å²) in [5, 5.41) is 20.2. The molecule has 0 amide bonds. The number of hydrogen-bond donors (Lipinski definition) is 0. The van der Waals surface area contributed by atoms with Gasteiger partial charge in [-0.05, 0) is 25.7 Å². The molecule has 1 heterocycles. The molecule has 0 bridgehead atoms. The average molecular weight is 580 g/mol. The first-order chi connectivity index (χ1) is 18.5. The zero-order chi connectivity index (χ0) is 27.0. The second-order valence-electron chi connectivity index (χ2n) is 9.46. The third-order valence-corrected chi connectivity index (χ3v) is 6.79. The van der Waals surface area contributed by atoms with Crippen molar-refractivity contribution in [2.24, 2.45) is 0 Å². The first-order valence-corrected chi connectivity index (χ1v) is 13.6. The fourth-order valence-corrected chi connectivity index (χ4v) is 4.82. The molecule has 2 saturated carbocycles. The Hall–Kier alpha value is -0.584. The molecule has 39 heavy (non-hydrogen) atoms. The Bertz CT molecular complexity index is 732. The smallest absolute Gasteiger partial charge is 0.377 e. The van der Waals surface area contributed by atoms with Crippen molar-refractivity contribution in [3.05, 3.63) is 44.5 Å². The molecular formula is C26H40KN2O10+. The summed E-state index contributed by atoms with van der Waals surface area (Å²) in [4.78, 5) is 19.0. The van der Waals surface area contributed by atoms with Crippen LogP contribution in [0.3, 0.4) is 0 Å². The van der Waals surface area contributed by atoms with Gasteiger partial charge in [0.15, 0.2) is 0 Å². The molecule has 1 aliphatic heterocycles. The van der Waals surface area contributed by atoms with E-state index in [1.54, 1.807) is 0 Å². The van der Waals surface area contributed by atoms with Gasteiger partial charge in [0.25, 0.3) is 11.4 Å². The molecule has 3 fully saturated rings. The summed E-state index contributed by atoms with van der Waals surface area (Å²) in [6.45, 7) is 4.93. The van der Waals surface area contributed by atoms with Crippen molar-refractivity contribution < 1.29 is 89.7 Å². The van der Waals surface area contributed by atoms with Crippen LogP contribution in [-0.4, -0.2) is 87.1 Å². The summed E-state index contributed by atoms with van der Waals surface area (Å²) in [5.74, 6) is 0. The molecule has 1 aromatic carbocycles. The fraction of sp³-hybridized carbons (Fsp3) is 0.769. The quantitative estimate of drug-likeness (QED) is 0.285. The molecule has 0 spiro atoms. The molecule has 2 aliphatic carbocycles. The van der Waals surface area contributed by atoms with Gasteiger partial charge in [-0.3, -0.25) is 20.2 Å². The first-order valence-electron chi connectivity index (χ1n) is 13.6. The van der Waals surface area contributed by atoms with E-state index in [1.807, 2.05) is 0 Å². The molecule has 0 N–H and O–H groups in total. The zero-order valence-electron chi connectivity index (χ0n) is 22.9. The molecule has 0 radical (unpaired) electrons. The SMILES string of the molecule is C1CC[C@H]2OCCOCCO[C@H]3CCCC[C@H]3OCCOCCO[C@H]2C1.O=[N+]([O-])c1ccc([N+](=O)[O-])cc1.[K+]. The van der Waals surface area contributed by atoms with Crippen molar-refractivity contribution in [2.45, 2.75) is 75.8 Å². The van der Waals surface area contributed by atoms with Crippen molar-refractivity contribution in [1.29, 1.82) is 0 Å². The second kappa shape index (κ2) is 20.3. The van der Waals surface area contributed by atoms with E-state index < -0.39 is 9.85 Å². The molecule has 214 valence electrons. The van der Waals surface area contributed by atoms with Gasteiger partial charge in [0.05, 0.1) is 87.1 Å². The molecule has 12 nitrogen and oxygen atoms in total. The number of fused-ring (bicyclic) bond motifs is 2. The van der Waals surface area contributed by atoms with E-state index >= 15 is 0 Å². The normalized spacial score (nSPS) is 27.5. The van der Waals surface area contributed by atoms with Crippen LogP contribution in [0.2, 0.25) is 0 Å². The third-order valence-electron chi connectivity index (χ3n) is 6.79. The Morgan fingerprint density at radius 1 is 0.513 bits per heavy atom. The Kier molecular flexibility index (Phi) is 18.0. The minimum Gasteiger partial charge on any atom is -0.377 e. The van der Waals surface area contributed by atoms with E-state index in [1.165, 1.54) is 25.7 Å². The third kappa shape index (κ3) is 13.3. The largest absolute Gasteiger partial charge is 1.00 e. The van der Waals surface area contributed by atoms with E-state index in [4.69, 9.17) is 28.4 Å². The Morgan fingerprint density at radius 2 is 0.769 bits per heavy atom. The number of nitro benzene ring substituents is 2. The molecule has 3 aliphatic rings. The molecule has 1 saturated heterocycles. The Balaban J connectivity index is 0.000000346. The van der Waals surface area contributed by atoms with Crippen LogP contribution in [0.15, 0.2) is 24.3 Å². The maximum absolute atomic E-state index is 10.1. The standard InChI is InChI=1S/C20H36O6.C6H4N2O4.K/c1-2-6-18-17(5-1)23-13-9-21-11-15-25-19-7-3-4-8-20(19)26-16-12-22-10-14-24-18;9-7(10)5-1-2-6(4-3-5)8(11)12;/h17-20H,1-16H2;1-4H;/q;;+1/t17-,18+,19+,20-;;. The number of non-ortho nitro benzene ring substituents is 2. The Labute approximate surface area is 272 Å². The summed E-state index contributed by atoms with van der Waals surface area (Å²) in [5.41, 5.74) is -0.304. The average Bonchev–Trinajstić information content (AvgIpc) is 2.93. The molecule has 0 aromatic heterocycles. The fourth-order valence-electron chi connectivity index (χ4n) is 4.82. The van der Waals surface area contributed by atoms with Gasteiger partial charge in [-0.2, -0.15) is 0 Å². The van der Waals surface area contributed by atoms with Crippen molar-refractivity contribution in [3.8, 4) is 0 Å². The minimum absolute atomic E-state index is 0. The van der Waals surface area contributed by atoms with Crippen LogP contribution in [0.5, 0.6) is 0 Å². The molecule has 13 heteroatoms. The summed E-state index contributed by atoms with van der Waals surface area (Å²) in [7, 11) is 0. The summed E-state index contributed by atoms with van der Waals surface area (Å²) in [6, 6.07) is 4.38. The maximum atomic E-state index is 10.1. The van der Waals surface area contributed by atoms with Gasteiger partial charge in [-0.25, -0.2) is 0 Å². The van der Waals surface area contributed by atoms with Gasteiger partial charge < -0.3 is 28.4 Å². The van der Waals surface area contributed by atoms with Crippen molar-refractivity contribution in [1.82, 2.24) is 0 Å². The van der Waals surface area contributed by atoms with Crippen LogP contribution in [-0.2, 0) is 28.4 Å². The van der Waals surface area contributed by atoms with Gasteiger partial charge in [-0.1, -0.05) is 25.7 Å². The van der Waals surface area contributed by atoms with Crippen LogP contribution < -0.4 is 51.4 Å². The maximum Gasteiger partial charge on any atom is 1.00 e. The topological polar surface area (TPSA) is 142 Å². The molecule has 1 aromatic rings. The first kappa shape index (κ1) is 34.6. The van der Waals surface area contributed by atoms with Crippen LogP contribution >= 0.6 is 0 Å². The van der Waals surface area contributed by atoms with Crippen molar-refractivity contribution in [2.75, 3.05) is 52.9 Å². The van der Waals surface area contributed by atoms with E-state index in [2.05, 4.69) is 0 Å². The summed E-state index contributed by atoms with van der Waals surface area (Å²) >= 11 is 0. The number of hydrogen-bond acceptors (Lipinski definition) is 10. The van der Waals surface area contributed by atoms with Crippen LogP contribution in [0.1, 0.15) is 51.4 Å².